The van der Waals surface area contributed by atoms with Gasteiger partial charge in [0.1, 0.15) is 0 Å². The van der Waals surface area contributed by atoms with Crippen LogP contribution in [0.25, 0.3) is 6.08 Å². The minimum Gasteiger partial charge on any atom is -0.618 e. The lowest BCUT2D eigenvalue weighted by Gasteiger charge is -2.08. The van der Waals surface area contributed by atoms with Gasteiger partial charge in [-0.3, -0.25) is 4.79 Å². The number of methoxy groups -OCH3 is 2. The summed E-state index contributed by atoms with van der Waals surface area (Å²) in [7, 11) is 3.09. The summed E-state index contributed by atoms with van der Waals surface area (Å²) in [5, 5.41) is 11.7. The van der Waals surface area contributed by atoms with E-state index in [1.54, 1.807) is 37.5 Å². The molecule has 0 radical (unpaired) electrons. The summed E-state index contributed by atoms with van der Waals surface area (Å²) >= 11 is 0. The Morgan fingerprint density at radius 1 is 1.18 bits per heavy atom. The van der Waals surface area contributed by atoms with Gasteiger partial charge in [-0.2, -0.15) is 4.73 Å². The van der Waals surface area contributed by atoms with Crippen LogP contribution in [-0.2, 0) is 6.42 Å². The van der Waals surface area contributed by atoms with Crippen LogP contribution in [0.1, 0.15) is 21.6 Å². The lowest BCUT2D eigenvalue weighted by molar-refractivity contribution is -0.607. The predicted molar refractivity (Wildman–Crippen MR) is 81.0 cm³/mol. The minimum absolute atomic E-state index is 0.0835. The first-order valence-electron chi connectivity index (χ1n) is 6.82. The Balaban J connectivity index is 2.03. The predicted octanol–water partition coefficient (Wildman–Crippen LogP) is 2.16. The summed E-state index contributed by atoms with van der Waals surface area (Å²) in [5.74, 6) is 1.03. The third-order valence-corrected chi connectivity index (χ3v) is 3.70. The highest BCUT2D eigenvalue weighted by atomic mass is 16.5. The van der Waals surface area contributed by atoms with E-state index in [4.69, 9.17) is 9.47 Å². The Kier molecular flexibility index (Phi) is 3.55. The van der Waals surface area contributed by atoms with Gasteiger partial charge in [-0.05, 0) is 23.8 Å². The van der Waals surface area contributed by atoms with Crippen molar-refractivity contribution >= 4 is 11.9 Å². The number of aromatic nitrogens is 1. The number of carbonyl (C=O) groups is 1. The molecule has 5 heteroatoms. The Morgan fingerprint density at radius 3 is 2.59 bits per heavy atom. The number of hydrogen-bond acceptors (Lipinski definition) is 4. The molecular formula is C17H15NO4. The van der Waals surface area contributed by atoms with Crippen LogP contribution in [0, 0.1) is 5.21 Å². The third-order valence-electron chi connectivity index (χ3n) is 3.70. The van der Waals surface area contributed by atoms with Gasteiger partial charge in [-0.25, -0.2) is 0 Å². The fourth-order valence-electron chi connectivity index (χ4n) is 2.59. The van der Waals surface area contributed by atoms with E-state index in [1.165, 1.54) is 13.3 Å². The summed E-state index contributed by atoms with van der Waals surface area (Å²) in [6.07, 6.45) is 3.52. The van der Waals surface area contributed by atoms with Crippen LogP contribution in [0.15, 0.2) is 42.1 Å². The number of nitrogens with zero attached hydrogens (tertiary/aromatic N) is 1. The van der Waals surface area contributed by atoms with Crippen LogP contribution < -0.4 is 14.2 Å². The summed E-state index contributed by atoms with van der Waals surface area (Å²) in [6.45, 7) is 0. The Labute approximate surface area is 128 Å². The topological polar surface area (TPSA) is 62.5 Å². The average Bonchev–Trinajstić information content (AvgIpc) is 2.84. The first kappa shape index (κ1) is 14.1. The molecule has 0 amide bonds. The highest BCUT2D eigenvalue weighted by molar-refractivity contribution is 6.15. The summed E-state index contributed by atoms with van der Waals surface area (Å²) in [5.41, 5.74) is 2.50. The van der Waals surface area contributed by atoms with Gasteiger partial charge in [-0.1, -0.05) is 0 Å². The fourth-order valence-corrected chi connectivity index (χ4v) is 2.59. The second kappa shape index (κ2) is 5.52. The molecule has 0 unspecified atom stereocenters. The number of allylic oxidation sites excluding steroid dienone is 1. The van der Waals surface area contributed by atoms with Gasteiger partial charge in [0, 0.05) is 35.8 Å². The number of ketones is 1. The van der Waals surface area contributed by atoms with Crippen LogP contribution >= 0.6 is 0 Å². The van der Waals surface area contributed by atoms with Crippen molar-refractivity contribution in [1.29, 1.82) is 0 Å². The van der Waals surface area contributed by atoms with Gasteiger partial charge in [0.2, 0.25) is 5.69 Å². The van der Waals surface area contributed by atoms with Crippen molar-refractivity contribution in [2.24, 2.45) is 0 Å². The van der Waals surface area contributed by atoms with Crippen molar-refractivity contribution in [3.8, 4) is 11.5 Å². The van der Waals surface area contributed by atoms with E-state index < -0.39 is 0 Å². The number of carbonyl (C=O) groups excluding carboxylic acids is 1. The Morgan fingerprint density at radius 2 is 1.91 bits per heavy atom. The zero-order valence-electron chi connectivity index (χ0n) is 12.3. The lowest BCUT2D eigenvalue weighted by atomic mass is 10.1. The third kappa shape index (κ3) is 2.30. The van der Waals surface area contributed by atoms with Crippen LogP contribution in [0.2, 0.25) is 0 Å². The van der Waals surface area contributed by atoms with E-state index in [2.05, 4.69) is 0 Å². The summed E-state index contributed by atoms with van der Waals surface area (Å²) in [6, 6.07) is 8.59. The molecule has 0 atom stereocenters. The molecule has 1 aliphatic carbocycles. The highest BCUT2D eigenvalue weighted by Gasteiger charge is 2.27. The number of benzene rings is 1. The van der Waals surface area contributed by atoms with Crippen LogP contribution in [0.5, 0.6) is 11.5 Å². The van der Waals surface area contributed by atoms with Gasteiger partial charge in [-0.15, -0.1) is 0 Å². The zero-order valence-corrected chi connectivity index (χ0v) is 12.3. The van der Waals surface area contributed by atoms with E-state index in [0.29, 0.717) is 34.8 Å². The van der Waals surface area contributed by atoms with Crippen molar-refractivity contribution < 1.29 is 19.0 Å². The largest absolute Gasteiger partial charge is 0.618 e. The second-order valence-corrected chi connectivity index (χ2v) is 4.99. The van der Waals surface area contributed by atoms with E-state index in [1.807, 2.05) is 6.07 Å². The molecule has 2 aromatic rings. The smallest absolute Gasteiger partial charge is 0.216 e. The molecule has 0 fully saturated rings. The maximum absolute atomic E-state index is 12.5. The Hall–Kier alpha value is -2.82. The molecule has 112 valence electrons. The number of hydrogen-bond donors (Lipinski definition) is 0. The zero-order chi connectivity index (χ0) is 15.7. The van der Waals surface area contributed by atoms with E-state index in [-0.39, 0.29) is 5.78 Å². The maximum atomic E-state index is 12.5. The number of pyridine rings is 1. The SMILES string of the molecule is COc1cc2c(cc1OC)C(=O)C(=Cc1cccc[n+]1[O-])C2. The highest BCUT2D eigenvalue weighted by Crippen LogP contribution is 2.36. The molecule has 3 rings (SSSR count). The molecule has 5 nitrogen and oxygen atoms in total. The van der Waals surface area contributed by atoms with Crippen LogP contribution in [-0.4, -0.2) is 20.0 Å². The molecule has 0 bridgehead atoms. The normalized spacial score (nSPS) is 15.0. The molecule has 1 heterocycles. The van der Waals surface area contributed by atoms with Gasteiger partial charge in [0.05, 0.1) is 14.2 Å². The van der Waals surface area contributed by atoms with Crippen LogP contribution in [0.3, 0.4) is 0 Å². The summed E-state index contributed by atoms with van der Waals surface area (Å²) < 4.78 is 11.2. The standard InChI is InChI=1S/C17H15NO4/c1-21-15-9-11-7-12(8-13-5-3-4-6-18(13)20)17(19)14(11)10-16(15)22-2/h3-6,8-10H,7H2,1-2H3. The minimum atomic E-state index is -0.0835. The number of fused-ring (bicyclic) bond motifs is 1. The molecule has 1 aliphatic rings. The molecule has 1 aromatic heterocycles. The molecule has 1 aromatic carbocycles. The van der Waals surface area contributed by atoms with Crippen molar-refractivity contribution in [2.45, 2.75) is 6.42 Å². The molecule has 0 aliphatic heterocycles. The Bertz CT molecular complexity index is 780. The second-order valence-electron chi connectivity index (χ2n) is 4.99. The summed E-state index contributed by atoms with van der Waals surface area (Å²) in [4.78, 5) is 12.5. The number of ether oxygens (including phenoxy) is 2. The first-order chi connectivity index (χ1) is 10.6. The van der Waals surface area contributed by atoms with Crippen molar-refractivity contribution in [3.05, 3.63) is 64.1 Å². The molecule has 0 N–H and O–H groups in total. The molecule has 0 saturated heterocycles. The monoisotopic (exact) mass is 297 g/mol. The first-order valence-corrected chi connectivity index (χ1v) is 6.82. The van der Waals surface area contributed by atoms with Gasteiger partial charge >= 0.3 is 0 Å². The van der Waals surface area contributed by atoms with Gasteiger partial charge < -0.3 is 14.7 Å². The molecule has 0 saturated carbocycles. The number of rotatable bonds is 3. The van der Waals surface area contributed by atoms with Crippen molar-refractivity contribution in [1.82, 2.24) is 0 Å². The van der Waals surface area contributed by atoms with E-state index in [9.17, 15) is 10.0 Å². The molecular weight excluding hydrogens is 282 g/mol. The van der Waals surface area contributed by atoms with Crippen LogP contribution in [0.4, 0.5) is 0 Å². The average molecular weight is 297 g/mol. The van der Waals surface area contributed by atoms with Crippen molar-refractivity contribution in [3.63, 3.8) is 0 Å². The van der Waals surface area contributed by atoms with E-state index in [0.717, 1.165) is 10.3 Å². The quantitative estimate of drug-likeness (QED) is 0.495. The van der Waals surface area contributed by atoms with E-state index >= 15 is 0 Å². The fraction of sp³-hybridized carbons (Fsp3) is 0.176. The van der Waals surface area contributed by atoms with Gasteiger partial charge in [0.25, 0.3) is 0 Å². The number of Topliss-reactive ketones (excluding diaryl/α,β-unsaturated/α-hetero) is 1. The lowest BCUT2D eigenvalue weighted by Crippen LogP contribution is -2.28. The molecule has 0 spiro atoms. The molecule has 22 heavy (non-hydrogen) atoms. The van der Waals surface area contributed by atoms with Gasteiger partial charge in [0.15, 0.2) is 23.5 Å². The maximum Gasteiger partial charge on any atom is 0.216 e. The van der Waals surface area contributed by atoms with Crippen molar-refractivity contribution in [2.75, 3.05) is 14.2 Å².